The summed E-state index contributed by atoms with van der Waals surface area (Å²) in [5.41, 5.74) is 2.72. The van der Waals surface area contributed by atoms with Gasteiger partial charge in [0, 0.05) is 44.9 Å². The van der Waals surface area contributed by atoms with Gasteiger partial charge in [0.15, 0.2) is 0 Å². The Morgan fingerprint density at radius 2 is 1.51 bits per heavy atom. The van der Waals surface area contributed by atoms with Crippen molar-refractivity contribution in [2.24, 2.45) is 0 Å². The third-order valence-electron chi connectivity index (χ3n) is 6.47. The van der Waals surface area contributed by atoms with Gasteiger partial charge in [0.2, 0.25) is 5.88 Å². The molecule has 0 saturated carbocycles. The Morgan fingerprint density at radius 1 is 0.865 bits per heavy atom. The van der Waals surface area contributed by atoms with Gasteiger partial charge in [-0.25, -0.2) is 4.98 Å². The number of ether oxygens (including phenoxy) is 1. The Morgan fingerprint density at radius 3 is 2.11 bits per heavy atom. The second-order valence-electron chi connectivity index (χ2n) is 9.31. The molecular weight excluding hydrogens is 527 g/mol. The lowest BCUT2D eigenvalue weighted by atomic mass is 9.71. The third-order valence-corrected chi connectivity index (χ3v) is 7.16. The lowest BCUT2D eigenvalue weighted by molar-refractivity contribution is 0.00378. The number of hydrogen-bond acceptors (Lipinski definition) is 4. The summed E-state index contributed by atoms with van der Waals surface area (Å²) in [6.45, 7) is 0.622. The highest BCUT2D eigenvalue weighted by atomic mass is 35.5. The van der Waals surface area contributed by atoms with E-state index in [1.54, 1.807) is 31.5 Å². The summed E-state index contributed by atoms with van der Waals surface area (Å²) in [4.78, 5) is 6.69. The molecule has 0 amide bonds. The molecule has 1 aromatic heterocycles. The zero-order valence-electron chi connectivity index (χ0n) is 21.0. The molecule has 192 valence electrons. The van der Waals surface area contributed by atoms with Gasteiger partial charge in [0.1, 0.15) is 5.60 Å². The molecule has 0 saturated heterocycles. The summed E-state index contributed by atoms with van der Waals surface area (Å²) < 4.78 is 5.76. The molecule has 1 N–H and O–H groups in total. The van der Waals surface area contributed by atoms with Gasteiger partial charge < -0.3 is 14.7 Å². The fraction of sp³-hybridized carbons (Fsp3) is 0.233. The van der Waals surface area contributed by atoms with Crippen LogP contribution in [0.15, 0.2) is 85.1 Å². The minimum atomic E-state index is -1.40. The highest BCUT2D eigenvalue weighted by Gasteiger charge is 2.42. The van der Waals surface area contributed by atoms with Crippen LogP contribution in [0.1, 0.15) is 29.0 Å². The molecule has 4 nitrogen and oxygen atoms in total. The summed E-state index contributed by atoms with van der Waals surface area (Å²) in [7, 11) is 5.54. The zero-order valence-corrected chi connectivity index (χ0v) is 23.2. The molecule has 1 heterocycles. The fourth-order valence-corrected chi connectivity index (χ4v) is 5.31. The van der Waals surface area contributed by atoms with Crippen molar-refractivity contribution in [3.63, 3.8) is 0 Å². The van der Waals surface area contributed by atoms with E-state index in [1.165, 1.54) is 0 Å². The van der Waals surface area contributed by atoms with Crippen molar-refractivity contribution in [2.75, 3.05) is 27.7 Å². The van der Waals surface area contributed by atoms with Crippen molar-refractivity contribution >= 4 is 34.8 Å². The molecule has 0 aliphatic rings. The van der Waals surface area contributed by atoms with E-state index in [9.17, 15) is 5.11 Å². The lowest BCUT2D eigenvalue weighted by Gasteiger charge is -2.39. The van der Waals surface area contributed by atoms with Crippen molar-refractivity contribution in [2.45, 2.75) is 17.9 Å². The molecule has 0 aliphatic carbocycles. The van der Waals surface area contributed by atoms with E-state index in [1.807, 2.05) is 79.7 Å². The van der Waals surface area contributed by atoms with Crippen LogP contribution in [0.4, 0.5) is 0 Å². The normalized spacial score (nSPS) is 13.8. The van der Waals surface area contributed by atoms with E-state index in [-0.39, 0.29) is 0 Å². The number of hydrogen-bond donors (Lipinski definition) is 1. The fourth-order valence-electron chi connectivity index (χ4n) is 4.66. The highest BCUT2D eigenvalue weighted by Crippen LogP contribution is 2.48. The summed E-state index contributed by atoms with van der Waals surface area (Å²) in [6, 6.07) is 24.7. The number of pyridine rings is 1. The monoisotopic (exact) mass is 554 g/mol. The van der Waals surface area contributed by atoms with Gasteiger partial charge in [-0.2, -0.15) is 0 Å². The molecule has 37 heavy (non-hydrogen) atoms. The van der Waals surface area contributed by atoms with Crippen LogP contribution >= 0.6 is 34.8 Å². The SMILES string of the molecule is COc1ncc(-c2ccc(Cl)cc2)cc1C(c1ccccc1)C(O)(CCN(C)C)c1cc(Cl)cc(Cl)c1. The Balaban J connectivity index is 2.00. The van der Waals surface area contributed by atoms with Gasteiger partial charge in [-0.05, 0) is 73.6 Å². The van der Waals surface area contributed by atoms with Crippen LogP contribution in [0.5, 0.6) is 5.88 Å². The van der Waals surface area contributed by atoms with Crippen molar-refractivity contribution < 1.29 is 9.84 Å². The Kier molecular flexibility index (Phi) is 8.79. The molecular formula is C30H29Cl3N2O2. The first-order valence-corrected chi connectivity index (χ1v) is 13.0. The smallest absolute Gasteiger partial charge is 0.217 e. The minimum absolute atomic E-state index is 0.407. The van der Waals surface area contributed by atoms with Gasteiger partial charge in [-0.1, -0.05) is 77.3 Å². The van der Waals surface area contributed by atoms with Crippen LogP contribution in [0, 0.1) is 0 Å². The van der Waals surface area contributed by atoms with E-state index in [4.69, 9.17) is 39.5 Å². The first-order valence-electron chi connectivity index (χ1n) is 11.9. The van der Waals surface area contributed by atoms with Gasteiger partial charge in [0.05, 0.1) is 7.11 Å². The molecule has 0 radical (unpaired) electrons. The number of aromatic nitrogens is 1. The Bertz CT molecular complexity index is 1330. The lowest BCUT2D eigenvalue weighted by Crippen LogP contribution is -2.38. The third kappa shape index (κ3) is 6.28. The molecule has 2 atom stereocenters. The van der Waals surface area contributed by atoms with E-state index < -0.39 is 11.5 Å². The predicted molar refractivity (Wildman–Crippen MR) is 153 cm³/mol. The summed E-state index contributed by atoms with van der Waals surface area (Å²) in [6.07, 6.45) is 2.17. The number of rotatable bonds is 9. The Hall–Kier alpha value is -2.60. The molecule has 0 fully saturated rings. The second kappa shape index (κ2) is 11.8. The topological polar surface area (TPSA) is 45.6 Å². The van der Waals surface area contributed by atoms with E-state index in [2.05, 4.69) is 4.98 Å². The predicted octanol–water partition coefficient (Wildman–Crippen LogP) is 7.69. The largest absolute Gasteiger partial charge is 0.481 e. The second-order valence-corrected chi connectivity index (χ2v) is 10.6. The number of aliphatic hydroxyl groups is 1. The average Bonchev–Trinajstić information content (AvgIpc) is 2.88. The van der Waals surface area contributed by atoms with Crippen molar-refractivity contribution in [3.05, 3.63) is 117 Å². The van der Waals surface area contributed by atoms with Crippen LogP contribution < -0.4 is 4.74 Å². The maximum absolute atomic E-state index is 12.7. The summed E-state index contributed by atoms with van der Waals surface area (Å²) >= 11 is 19.0. The molecule has 4 aromatic rings. The first-order chi connectivity index (χ1) is 17.7. The first kappa shape index (κ1) is 27.4. The van der Waals surface area contributed by atoms with Gasteiger partial charge in [0.25, 0.3) is 0 Å². The van der Waals surface area contributed by atoms with Crippen molar-refractivity contribution in [1.29, 1.82) is 0 Å². The van der Waals surface area contributed by atoms with Crippen LogP contribution in [-0.4, -0.2) is 42.7 Å². The maximum atomic E-state index is 12.7. The summed E-state index contributed by atoms with van der Waals surface area (Å²) in [5.74, 6) is -0.110. The molecule has 4 rings (SSSR count). The summed E-state index contributed by atoms with van der Waals surface area (Å²) in [5, 5.41) is 14.3. The molecule has 0 aliphatic heterocycles. The average molecular weight is 556 g/mol. The Labute approximate surface area is 233 Å². The number of halogens is 3. The number of nitrogens with zero attached hydrogens (tertiary/aromatic N) is 2. The van der Waals surface area contributed by atoms with Crippen molar-refractivity contribution in [3.8, 4) is 17.0 Å². The molecule has 0 bridgehead atoms. The zero-order chi connectivity index (χ0) is 26.6. The van der Waals surface area contributed by atoms with Crippen LogP contribution in [0.25, 0.3) is 11.1 Å². The highest BCUT2D eigenvalue weighted by molar-refractivity contribution is 6.34. The van der Waals surface area contributed by atoms with Gasteiger partial charge in [-0.15, -0.1) is 0 Å². The standard InChI is InChI=1S/C30H29Cl3N2O2/c1-35(2)14-13-30(36,23-16-25(32)18-26(33)17-23)28(21-7-5-4-6-8-21)27-15-22(19-34-29(27)37-3)20-9-11-24(31)12-10-20/h4-12,15-19,28,36H,13-14H2,1-3H3. The number of methoxy groups -OCH3 is 1. The van der Waals surface area contributed by atoms with Crippen molar-refractivity contribution in [1.82, 2.24) is 9.88 Å². The van der Waals surface area contributed by atoms with E-state index in [0.717, 1.165) is 22.3 Å². The minimum Gasteiger partial charge on any atom is -0.481 e. The van der Waals surface area contributed by atoms with E-state index >= 15 is 0 Å². The molecule has 2 unspecified atom stereocenters. The number of benzene rings is 3. The molecule has 0 spiro atoms. The van der Waals surface area contributed by atoms with Crippen LogP contribution in [0.3, 0.4) is 0 Å². The van der Waals surface area contributed by atoms with E-state index in [0.29, 0.717) is 39.5 Å². The molecule has 7 heteroatoms. The molecule has 3 aromatic carbocycles. The van der Waals surface area contributed by atoms with Crippen LogP contribution in [-0.2, 0) is 5.60 Å². The maximum Gasteiger partial charge on any atom is 0.217 e. The van der Waals surface area contributed by atoms with Gasteiger partial charge >= 0.3 is 0 Å². The van der Waals surface area contributed by atoms with Crippen LogP contribution in [0.2, 0.25) is 15.1 Å². The van der Waals surface area contributed by atoms with Gasteiger partial charge in [-0.3, -0.25) is 0 Å². The quantitative estimate of drug-likeness (QED) is 0.230.